The molecule has 0 aliphatic rings. The minimum atomic E-state index is 1.02. The highest BCUT2D eigenvalue weighted by Gasteiger charge is 2.16. The summed E-state index contributed by atoms with van der Waals surface area (Å²) in [5, 5.41) is 10.1. The summed E-state index contributed by atoms with van der Waals surface area (Å²) in [6.45, 7) is 19.7. The normalized spacial score (nSPS) is 11.6. The van der Waals surface area contributed by atoms with Crippen molar-refractivity contribution in [2.24, 2.45) is 4.99 Å². The Bertz CT molecular complexity index is 3670. The second kappa shape index (κ2) is 21.9. The highest BCUT2D eigenvalue weighted by Crippen LogP contribution is 2.43. The van der Waals surface area contributed by atoms with E-state index in [0.717, 1.165) is 27.7 Å². The Kier molecular flexibility index (Phi) is 14.7. The number of rotatable bonds is 9. The summed E-state index contributed by atoms with van der Waals surface area (Å²) in [6, 6.07) is 63.4. The van der Waals surface area contributed by atoms with Crippen LogP contribution in [0, 0.1) is 13.8 Å². The molecule has 0 saturated heterocycles. The molecule has 0 spiro atoms. The van der Waals surface area contributed by atoms with Crippen LogP contribution in [0.5, 0.6) is 0 Å². The lowest BCUT2D eigenvalue weighted by Crippen LogP contribution is -1.90. The molecule has 72 heavy (non-hydrogen) atoms. The average molecular weight is 930 g/mol. The Balaban J connectivity index is 0.000000221. The van der Waals surface area contributed by atoms with Crippen LogP contribution in [-0.2, 0) is 0 Å². The summed E-state index contributed by atoms with van der Waals surface area (Å²) in [5.74, 6) is 0. The highest BCUT2D eigenvalue weighted by molar-refractivity contribution is 6.27. The zero-order chi connectivity index (χ0) is 50.1. The van der Waals surface area contributed by atoms with E-state index < -0.39 is 0 Å². The van der Waals surface area contributed by atoms with Crippen LogP contribution in [0.1, 0.15) is 38.8 Å². The number of pyridine rings is 2. The van der Waals surface area contributed by atoms with Crippen molar-refractivity contribution in [3.8, 4) is 44.5 Å². The first-order valence-electron chi connectivity index (χ1n) is 24.6. The molecule has 3 nitrogen and oxygen atoms in total. The monoisotopic (exact) mass is 929 g/mol. The molecule has 0 amide bonds. The van der Waals surface area contributed by atoms with E-state index in [4.69, 9.17) is 0 Å². The number of fused-ring (bicyclic) bond motifs is 2. The van der Waals surface area contributed by atoms with E-state index in [1.807, 2.05) is 68.9 Å². The van der Waals surface area contributed by atoms with E-state index in [-0.39, 0.29) is 0 Å². The predicted molar refractivity (Wildman–Crippen MR) is 314 cm³/mol. The first-order valence-corrected chi connectivity index (χ1v) is 24.6. The molecule has 0 radical (unpaired) electrons. The lowest BCUT2D eigenvalue weighted by Gasteiger charge is -2.17. The maximum atomic E-state index is 4.68. The number of aryl methyl sites for hydroxylation is 1. The molecule has 0 saturated carbocycles. The Morgan fingerprint density at radius 1 is 0.500 bits per heavy atom. The van der Waals surface area contributed by atoms with Crippen molar-refractivity contribution in [3.05, 3.63) is 260 Å². The standard InChI is InChI=1S/C46H28N2.C13H18.C10H13N/c1-5-35-6-3-28-48-46(35)39(8-1)32-17-15-31(16-18-32)38-24-20-34-21-25-41-37(23-19-33-22-26-42(38)45(34)44(33)41)30-13-11-29(12-14-30)36-7-2-10-43-40(36)9-4-27-47-43;1-6-8-9-13(11(3)4)10-12(5)7-2;1-4-11-10-7-5-6-8(2)9(10)3/h1-28H;6-10H,1-2H2,3-5H3;4-7H,1-3H3/b;9-8-,12-10-;. The average Bonchev–Trinajstić information content (AvgIpc) is 3.42. The molecule has 11 aromatic rings. The van der Waals surface area contributed by atoms with Crippen LogP contribution in [0.25, 0.3) is 98.6 Å². The van der Waals surface area contributed by atoms with Gasteiger partial charge in [-0.05, 0) is 154 Å². The van der Waals surface area contributed by atoms with Gasteiger partial charge in [0, 0.05) is 34.9 Å². The zero-order valence-electron chi connectivity index (χ0n) is 42.1. The summed E-state index contributed by atoms with van der Waals surface area (Å²) >= 11 is 0. The molecule has 350 valence electrons. The summed E-state index contributed by atoms with van der Waals surface area (Å²) in [4.78, 5) is 13.5. The minimum Gasteiger partial charge on any atom is -0.261 e. The van der Waals surface area contributed by atoms with Crippen molar-refractivity contribution < 1.29 is 0 Å². The highest BCUT2D eigenvalue weighted by atomic mass is 14.7. The van der Waals surface area contributed by atoms with E-state index in [0.29, 0.717) is 0 Å². The van der Waals surface area contributed by atoms with Gasteiger partial charge in [-0.25, -0.2) is 0 Å². The molecular formula is C69H59N3. The van der Waals surface area contributed by atoms with Crippen LogP contribution < -0.4 is 0 Å². The van der Waals surface area contributed by atoms with Crippen LogP contribution in [0.15, 0.2) is 254 Å². The number of hydrogen-bond acceptors (Lipinski definition) is 3. The molecule has 2 aromatic heterocycles. The van der Waals surface area contributed by atoms with Crippen molar-refractivity contribution in [1.29, 1.82) is 0 Å². The fraction of sp³-hybridized carbons (Fsp3) is 0.0870. The second-order valence-electron chi connectivity index (χ2n) is 18.3. The van der Waals surface area contributed by atoms with Crippen molar-refractivity contribution >= 4 is 66.0 Å². The molecule has 0 atom stereocenters. The summed E-state index contributed by atoms with van der Waals surface area (Å²) in [7, 11) is 0. The minimum absolute atomic E-state index is 1.02. The molecule has 9 aromatic carbocycles. The third kappa shape index (κ3) is 10.1. The largest absolute Gasteiger partial charge is 0.261 e. The van der Waals surface area contributed by atoms with Crippen LogP contribution in [0.2, 0.25) is 0 Å². The van der Waals surface area contributed by atoms with Gasteiger partial charge in [0.05, 0.1) is 16.7 Å². The molecule has 0 N–H and O–H groups in total. The summed E-state index contributed by atoms with van der Waals surface area (Å²) in [5.41, 5.74) is 19.0. The molecule has 0 bridgehead atoms. The molecule has 0 fully saturated rings. The van der Waals surface area contributed by atoms with Gasteiger partial charge in [-0.15, -0.1) is 0 Å². The van der Waals surface area contributed by atoms with Crippen LogP contribution >= 0.6 is 0 Å². The Labute approximate surface area is 424 Å². The third-order valence-corrected chi connectivity index (χ3v) is 13.5. The molecule has 0 unspecified atom stereocenters. The Morgan fingerprint density at radius 2 is 1.03 bits per heavy atom. The number of aromatic nitrogens is 2. The summed E-state index contributed by atoms with van der Waals surface area (Å²) < 4.78 is 0. The number of hydrogen-bond donors (Lipinski definition) is 0. The topological polar surface area (TPSA) is 38.1 Å². The van der Waals surface area contributed by atoms with Crippen molar-refractivity contribution in [3.63, 3.8) is 0 Å². The molecule has 11 rings (SSSR count). The fourth-order valence-corrected chi connectivity index (χ4v) is 9.50. The van der Waals surface area contributed by atoms with Crippen molar-refractivity contribution in [2.75, 3.05) is 0 Å². The number of benzene rings is 9. The fourth-order valence-electron chi connectivity index (χ4n) is 9.50. The van der Waals surface area contributed by atoms with Crippen LogP contribution in [-0.4, -0.2) is 16.2 Å². The van der Waals surface area contributed by atoms with Gasteiger partial charge >= 0.3 is 0 Å². The van der Waals surface area contributed by atoms with Crippen molar-refractivity contribution in [2.45, 2.75) is 41.5 Å². The quantitative estimate of drug-likeness (QED) is 0.0822. The maximum Gasteiger partial charge on any atom is 0.0780 e. The van der Waals surface area contributed by atoms with Gasteiger partial charge in [0.2, 0.25) is 0 Å². The third-order valence-electron chi connectivity index (χ3n) is 13.5. The number of allylic oxidation sites excluding steroid dienone is 8. The van der Waals surface area contributed by atoms with Crippen molar-refractivity contribution in [1.82, 2.24) is 9.97 Å². The molecule has 0 aliphatic heterocycles. The molecule has 0 aliphatic carbocycles. The van der Waals surface area contributed by atoms with Crippen LogP contribution in [0.3, 0.4) is 0 Å². The van der Waals surface area contributed by atoms with E-state index in [9.17, 15) is 0 Å². The maximum absolute atomic E-state index is 4.68. The van der Waals surface area contributed by atoms with E-state index >= 15 is 0 Å². The van der Waals surface area contributed by atoms with Gasteiger partial charge in [-0.3, -0.25) is 15.0 Å². The van der Waals surface area contributed by atoms with Gasteiger partial charge < -0.3 is 0 Å². The second-order valence-corrected chi connectivity index (χ2v) is 18.3. The molecular weight excluding hydrogens is 871 g/mol. The van der Waals surface area contributed by atoms with Gasteiger partial charge in [0.1, 0.15) is 0 Å². The summed E-state index contributed by atoms with van der Waals surface area (Å²) in [6.07, 6.45) is 15.3. The van der Waals surface area contributed by atoms with Gasteiger partial charge in [-0.2, -0.15) is 0 Å². The Morgan fingerprint density at radius 3 is 1.62 bits per heavy atom. The lowest BCUT2D eigenvalue weighted by molar-refractivity contribution is 1.31. The van der Waals surface area contributed by atoms with E-state index in [1.165, 1.54) is 104 Å². The number of para-hydroxylation sites is 1. The molecule has 2 heterocycles. The first kappa shape index (κ1) is 48.2. The lowest BCUT2D eigenvalue weighted by atomic mass is 9.87. The Hall–Kier alpha value is -8.79. The number of nitrogens with zero attached hydrogens (tertiary/aromatic N) is 3. The SMILES string of the molecule is C=C/C=C\C(/C=C(/C)C=C)=C(C)C.CC=Nc1cccc(C)c1C.c1cnc2c(-c3ccc(-c4ccc5ccc6c(-c7ccc(-c8cccc9ncccc89)cc7)ccc7ccc4c5c76)cc3)cccc2c1. The smallest absolute Gasteiger partial charge is 0.0780 e. The first-order chi connectivity index (χ1) is 35.2. The number of aliphatic imine (C=N–C) groups is 1. The van der Waals surface area contributed by atoms with E-state index in [1.54, 1.807) is 6.08 Å². The molecule has 3 heteroatoms. The van der Waals surface area contributed by atoms with Gasteiger partial charge in [0.15, 0.2) is 0 Å². The van der Waals surface area contributed by atoms with Gasteiger partial charge in [-0.1, -0.05) is 206 Å². The van der Waals surface area contributed by atoms with Gasteiger partial charge in [0.25, 0.3) is 0 Å². The van der Waals surface area contributed by atoms with E-state index in [2.05, 4.69) is 220 Å². The van der Waals surface area contributed by atoms with Crippen LogP contribution in [0.4, 0.5) is 5.69 Å². The zero-order valence-corrected chi connectivity index (χ0v) is 42.1. The predicted octanol–water partition coefficient (Wildman–Crippen LogP) is 19.6.